The number of rotatable bonds is 5. The summed E-state index contributed by atoms with van der Waals surface area (Å²) in [7, 11) is 0. The van der Waals surface area contributed by atoms with E-state index in [2.05, 4.69) is 15.9 Å². The zero-order valence-corrected chi connectivity index (χ0v) is 19.9. The lowest BCUT2D eigenvalue weighted by Gasteiger charge is -2.35. The van der Waals surface area contributed by atoms with Gasteiger partial charge in [0.05, 0.1) is 6.61 Å². The molecule has 2 aliphatic heterocycles. The number of esters is 1. The van der Waals surface area contributed by atoms with Crippen molar-refractivity contribution in [3.63, 3.8) is 0 Å². The Hall–Kier alpha value is -2.93. The minimum atomic E-state index is -0.682. The molecule has 2 aromatic rings. The SMILES string of the molecule is CC1=NC2=C(C(=O)CCC2)[C@H](c2cc3c(cc2Br)OCO3)C1C(=O)OCCc1ccccc1. The van der Waals surface area contributed by atoms with Crippen LogP contribution in [-0.2, 0) is 20.7 Å². The van der Waals surface area contributed by atoms with Gasteiger partial charge in [-0.15, -0.1) is 0 Å². The predicted octanol–water partition coefficient (Wildman–Crippen LogP) is 5.15. The second-order valence-electron chi connectivity index (χ2n) is 8.48. The minimum absolute atomic E-state index is 0.0455. The first-order valence-corrected chi connectivity index (χ1v) is 11.9. The number of nitrogens with zero attached hydrogens (tertiary/aromatic N) is 1. The van der Waals surface area contributed by atoms with E-state index in [1.54, 1.807) is 0 Å². The number of hydrogen-bond donors (Lipinski definition) is 0. The Kier molecular flexibility index (Phi) is 6.06. The van der Waals surface area contributed by atoms with Gasteiger partial charge < -0.3 is 14.2 Å². The van der Waals surface area contributed by atoms with E-state index in [4.69, 9.17) is 19.2 Å². The number of ketones is 1. The molecule has 2 aromatic carbocycles. The number of halogens is 1. The number of aliphatic imine (C=N–C) groups is 1. The van der Waals surface area contributed by atoms with Gasteiger partial charge in [-0.1, -0.05) is 46.3 Å². The van der Waals surface area contributed by atoms with Crippen LogP contribution < -0.4 is 9.47 Å². The molecule has 0 fully saturated rings. The van der Waals surface area contributed by atoms with Crippen molar-refractivity contribution in [3.05, 3.63) is 69.3 Å². The zero-order chi connectivity index (χ0) is 22.9. The van der Waals surface area contributed by atoms with Gasteiger partial charge in [-0.05, 0) is 43.0 Å². The monoisotopic (exact) mass is 509 g/mol. The molecule has 0 saturated carbocycles. The highest BCUT2D eigenvalue weighted by molar-refractivity contribution is 9.10. The van der Waals surface area contributed by atoms with E-state index in [0.717, 1.165) is 34.1 Å². The van der Waals surface area contributed by atoms with Gasteiger partial charge in [0.2, 0.25) is 6.79 Å². The van der Waals surface area contributed by atoms with Crippen LogP contribution in [0.1, 0.15) is 43.2 Å². The van der Waals surface area contributed by atoms with Crippen LogP contribution in [0.3, 0.4) is 0 Å². The highest BCUT2D eigenvalue weighted by atomic mass is 79.9. The average molecular weight is 510 g/mol. The molecule has 2 atom stereocenters. The van der Waals surface area contributed by atoms with Crippen molar-refractivity contribution in [1.29, 1.82) is 0 Å². The highest BCUT2D eigenvalue weighted by Crippen LogP contribution is 2.48. The molecule has 0 N–H and O–H groups in total. The van der Waals surface area contributed by atoms with E-state index in [0.29, 0.717) is 35.6 Å². The van der Waals surface area contributed by atoms with Crippen molar-refractivity contribution in [1.82, 2.24) is 0 Å². The molecule has 0 amide bonds. The van der Waals surface area contributed by atoms with Gasteiger partial charge in [0.25, 0.3) is 0 Å². The first kappa shape index (κ1) is 21.9. The summed E-state index contributed by atoms with van der Waals surface area (Å²) in [5.74, 6) is -0.250. The molecular weight excluding hydrogens is 486 g/mol. The molecule has 5 rings (SSSR count). The van der Waals surface area contributed by atoms with Crippen molar-refractivity contribution in [3.8, 4) is 11.5 Å². The van der Waals surface area contributed by atoms with Crippen LogP contribution in [0, 0.1) is 5.92 Å². The molecule has 6 nitrogen and oxygen atoms in total. The summed E-state index contributed by atoms with van der Waals surface area (Å²) < 4.78 is 17.6. The van der Waals surface area contributed by atoms with Crippen LogP contribution in [-0.4, -0.2) is 30.9 Å². The lowest BCUT2D eigenvalue weighted by molar-refractivity contribution is -0.146. The maximum atomic E-state index is 13.4. The third kappa shape index (κ3) is 4.22. The number of carbonyl (C=O) groups excluding carboxylic acids is 2. The summed E-state index contributed by atoms with van der Waals surface area (Å²) in [5.41, 5.74) is 3.98. The van der Waals surface area contributed by atoms with Gasteiger partial charge >= 0.3 is 5.97 Å². The minimum Gasteiger partial charge on any atom is -0.465 e. The number of benzene rings is 2. The van der Waals surface area contributed by atoms with Crippen LogP contribution in [0.25, 0.3) is 0 Å². The van der Waals surface area contributed by atoms with Crippen LogP contribution in [0.2, 0.25) is 0 Å². The maximum absolute atomic E-state index is 13.4. The summed E-state index contributed by atoms with van der Waals surface area (Å²) in [4.78, 5) is 31.2. The lowest BCUT2D eigenvalue weighted by Crippen LogP contribution is -2.37. The average Bonchev–Trinajstić information content (AvgIpc) is 3.25. The van der Waals surface area contributed by atoms with Gasteiger partial charge in [-0.3, -0.25) is 14.6 Å². The third-order valence-corrected chi connectivity index (χ3v) is 7.08. The summed E-state index contributed by atoms with van der Waals surface area (Å²) in [5, 5.41) is 0. The molecule has 0 saturated heterocycles. The molecule has 7 heteroatoms. The number of hydrogen-bond acceptors (Lipinski definition) is 6. The van der Waals surface area contributed by atoms with E-state index < -0.39 is 11.8 Å². The molecule has 33 heavy (non-hydrogen) atoms. The molecule has 0 bridgehead atoms. The standard InChI is InChI=1S/C26H24BrNO5/c1-15-23(26(30)31-11-10-16-6-3-2-4-7-16)24(25-19(28-15)8-5-9-20(25)29)17-12-21-22(13-18(17)27)33-14-32-21/h2-4,6-7,12-13,23-24H,5,8-11,14H2,1H3/t23?,24-/m1/s1. The highest BCUT2D eigenvalue weighted by Gasteiger charge is 2.44. The maximum Gasteiger partial charge on any atom is 0.315 e. The lowest BCUT2D eigenvalue weighted by atomic mass is 9.71. The summed E-state index contributed by atoms with van der Waals surface area (Å²) in [6, 6.07) is 13.6. The molecule has 0 spiro atoms. The molecule has 0 radical (unpaired) electrons. The van der Waals surface area contributed by atoms with E-state index in [9.17, 15) is 9.59 Å². The number of Topliss-reactive ketones (excluding diaryl/α,β-unsaturated/α-hetero) is 1. The van der Waals surface area contributed by atoms with Crippen LogP contribution in [0.5, 0.6) is 11.5 Å². The largest absolute Gasteiger partial charge is 0.465 e. The quantitative estimate of drug-likeness (QED) is 0.521. The van der Waals surface area contributed by atoms with Crippen LogP contribution in [0.15, 0.2) is 63.2 Å². The summed E-state index contributed by atoms with van der Waals surface area (Å²) in [6.45, 7) is 2.26. The van der Waals surface area contributed by atoms with E-state index in [1.807, 2.05) is 49.4 Å². The van der Waals surface area contributed by atoms with Crippen molar-refractivity contribution in [2.24, 2.45) is 10.9 Å². The Morgan fingerprint density at radius 3 is 2.70 bits per heavy atom. The Morgan fingerprint density at radius 1 is 1.15 bits per heavy atom. The normalized spacial score (nSPS) is 21.5. The fourth-order valence-electron chi connectivity index (χ4n) is 4.82. The smallest absolute Gasteiger partial charge is 0.315 e. The van der Waals surface area contributed by atoms with Gasteiger partial charge in [-0.25, -0.2) is 0 Å². The van der Waals surface area contributed by atoms with E-state index in [-0.39, 0.29) is 25.2 Å². The Bertz CT molecular complexity index is 1170. The van der Waals surface area contributed by atoms with E-state index in [1.165, 1.54) is 0 Å². The Labute approximate surface area is 200 Å². The van der Waals surface area contributed by atoms with Gasteiger partial charge in [0.1, 0.15) is 5.92 Å². The van der Waals surface area contributed by atoms with Crippen molar-refractivity contribution >= 4 is 33.4 Å². The molecule has 1 unspecified atom stereocenters. The third-order valence-electron chi connectivity index (χ3n) is 6.39. The number of fused-ring (bicyclic) bond motifs is 1. The molecule has 2 heterocycles. The number of allylic oxidation sites excluding steroid dienone is 2. The molecule has 3 aliphatic rings. The fraction of sp³-hybridized carbons (Fsp3) is 0.346. The molecular formula is C26H24BrNO5. The number of ether oxygens (including phenoxy) is 3. The van der Waals surface area contributed by atoms with E-state index >= 15 is 0 Å². The predicted molar refractivity (Wildman–Crippen MR) is 127 cm³/mol. The summed E-state index contributed by atoms with van der Waals surface area (Å²) >= 11 is 3.64. The second kappa shape index (κ2) is 9.14. The second-order valence-corrected chi connectivity index (χ2v) is 9.33. The topological polar surface area (TPSA) is 74.2 Å². The summed E-state index contributed by atoms with van der Waals surface area (Å²) in [6.07, 6.45) is 2.59. The van der Waals surface area contributed by atoms with Gasteiger partial charge in [0.15, 0.2) is 17.3 Å². The van der Waals surface area contributed by atoms with Crippen molar-refractivity contribution < 1.29 is 23.8 Å². The van der Waals surface area contributed by atoms with Crippen molar-refractivity contribution in [2.45, 2.75) is 38.5 Å². The first-order valence-electron chi connectivity index (χ1n) is 11.1. The zero-order valence-electron chi connectivity index (χ0n) is 18.3. The molecule has 0 aromatic heterocycles. The molecule has 1 aliphatic carbocycles. The first-order chi connectivity index (χ1) is 16.0. The Morgan fingerprint density at radius 2 is 1.91 bits per heavy atom. The van der Waals surface area contributed by atoms with Crippen LogP contribution in [0.4, 0.5) is 0 Å². The van der Waals surface area contributed by atoms with Gasteiger partial charge in [0, 0.05) is 40.2 Å². The Balaban J connectivity index is 1.49. The van der Waals surface area contributed by atoms with Gasteiger partial charge in [-0.2, -0.15) is 0 Å². The fourth-order valence-corrected chi connectivity index (χ4v) is 5.39. The van der Waals surface area contributed by atoms with Crippen LogP contribution >= 0.6 is 15.9 Å². The van der Waals surface area contributed by atoms with Crippen molar-refractivity contribution in [2.75, 3.05) is 13.4 Å². The number of carbonyl (C=O) groups is 2. The molecule has 170 valence electrons.